The lowest BCUT2D eigenvalue weighted by Gasteiger charge is -2.11. The minimum absolute atomic E-state index is 0.00211. The van der Waals surface area contributed by atoms with Crippen LogP contribution >= 0.6 is 23.1 Å². The molecular weight excluding hydrogens is 354 g/mol. The van der Waals surface area contributed by atoms with Gasteiger partial charge in [0.05, 0.1) is 17.1 Å². The van der Waals surface area contributed by atoms with Gasteiger partial charge in [-0.05, 0) is 25.5 Å². The Kier molecular flexibility index (Phi) is 4.69. The molecule has 6 nitrogen and oxygen atoms in total. The summed E-state index contributed by atoms with van der Waals surface area (Å²) in [5, 5.41) is 11.7. The number of carbonyl (C=O) groups excluding carboxylic acids is 1. The van der Waals surface area contributed by atoms with Crippen LogP contribution in [0.1, 0.15) is 21.8 Å². The maximum absolute atomic E-state index is 12.4. The fourth-order valence-corrected chi connectivity index (χ4v) is 6.52. The van der Waals surface area contributed by atoms with Gasteiger partial charge in [-0.25, -0.2) is 8.42 Å². The van der Waals surface area contributed by atoms with Gasteiger partial charge in [0.15, 0.2) is 9.84 Å². The van der Waals surface area contributed by atoms with Gasteiger partial charge in [-0.15, -0.1) is 22.0 Å². The van der Waals surface area contributed by atoms with Crippen LogP contribution < -0.4 is 5.32 Å². The zero-order valence-electron chi connectivity index (χ0n) is 12.4. The monoisotopic (exact) mass is 369 g/mol. The van der Waals surface area contributed by atoms with Crippen molar-refractivity contribution in [3.63, 3.8) is 0 Å². The van der Waals surface area contributed by atoms with Gasteiger partial charge < -0.3 is 0 Å². The highest BCUT2D eigenvalue weighted by Gasteiger charge is 2.29. The summed E-state index contributed by atoms with van der Waals surface area (Å²) in [6, 6.07) is 7.21. The van der Waals surface area contributed by atoms with Gasteiger partial charge in [0, 0.05) is 10.1 Å². The normalized spacial score (nSPS) is 19.6. The Morgan fingerprint density at radius 3 is 2.78 bits per heavy atom. The number of benzene rings is 1. The number of nitrogens with zero attached hydrogens (tertiary/aromatic N) is 2. The van der Waals surface area contributed by atoms with Crippen molar-refractivity contribution in [3.8, 4) is 0 Å². The Balaban J connectivity index is 1.76. The third kappa shape index (κ3) is 4.10. The lowest BCUT2D eigenvalue weighted by Crippen LogP contribution is -2.14. The van der Waals surface area contributed by atoms with E-state index in [1.54, 1.807) is 12.1 Å². The average molecular weight is 369 g/mol. The molecule has 0 spiro atoms. The van der Waals surface area contributed by atoms with Gasteiger partial charge in [-0.3, -0.25) is 10.1 Å². The molecule has 122 valence electrons. The summed E-state index contributed by atoms with van der Waals surface area (Å²) in [6.45, 7) is 1.82. The Bertz CT molecular complexity index is 833. The van der Waals surface area contributed by atoms with Crippen LogP contribution in [0.5, 0.6) is 0 Å². The number of nitrogens with one attached hydrogen (secondary N) is 1. The largest absolute Gasteiger partial charge is 0.296 e. The molecule has 23 heavy (non-hydrogen) atoms. The van der Waals surface area contributed by atoms with Crippen LogP contribution in [0.4, 0.5) is 5.13 Å². The van der Waals surface area contributed by atoms with Crippen molar-refractivity contribution in [2.75, 3.05) is 16.8 Å². The van der Waals surface area contributed by atoms with E-state index in [1.807, 2.05) is 19.1 Å². The van der Waals surface area contributed by atoms with Gasteiger partial charge in [0.1, 0.15) is 5.01 Å². The second kappa shape index (κ2) is 6.58. The van der Waals surface area contributed by atoms with Gasteiger partial charge in [0.25, 0.3) is 5.91 Å². The Hall–Kier alpha value is -1.45. The zero-order valence-corrected chi connectivity index (χ0v) is 14.8. The van der Waals surface area contributed by atoms with E-state index >= 15 is 0 Å². The SMILES string of the molecule is Cc1nnc(NC(=O)c2ccccc2SC2CCS(=O)(=O)C2)s1. The molecule has 1 saturated heterocycles. The minimum Gasteiger partial charge on any atom is -0.296 e. The van der Waals surface area contributed by atoms with Gasteiger partial charge in [-0.2, -0.15) is 0 Å². The number of aromatic nitrogens is 2. The summed E-state index contributed by atoms with van der Waals surface area (Å²) in [4.78, 5) is 13.2. The van der Waals surface area contributed by atoms with Gasteiger partial charge in [-0.1, -0.05) is 23.5 Å². The van der Waals surface area contributed by atoms with E-state index in [4.69, 9.17) is 0 Å². The van der Waals surface area contributed by atoms with Crippen molar-refractivity contribution in [1.82, 2.24) is 10.2 Å². The Morgan fingerprint density at radius 2 is 2.13 bits per heavy atom. The van der Waals surface area contributed by atoms with Crippen molar-refractivity contribution in [1.29, 1.82) is 0 Å². The number of aryl methyl sites for hydroxylation is 1. The van der Waals surface area contributed by atoms with E-state index in [0.717, 1.165) is 9.90 Å². The molecule has 1 N–H and O–H groups in total. The predicted octanol–water partition coefficient (Wildman–Crippen LogP) is 2.38. The average Bonchev–Trinajstić information content (AvgIpc) is 3.05. The van der Waals surface area contributed by atoms with Crippen LogP contribution in [0.3, 0.4) is 0 Å². The van der Waals surface area contributed by atoms with Crippen LogP contribution in [-0.4, -0.2) is 41.3 Å². The van der Waals surface area contributed by atoms with Crippen molar-refractivity contribution in [2.45, 2.75) is 23.5 Å². The summed E-state index contributed by atoms with van der Waals surface area (Å²) in [6.07, 6.45) is 0.624. The molecule has 2 heterocycles. The Labute approximate surface area is 142 Å². The van der Waals surface area contributed by atoms with Gasteiger partial charge in [0.2, 0.25) is 5.13 Å². The first-order valence-electron chi connectivity index (χ1n) is 7.00. The molecule has 3 rings (SSSR count). The van der Waals surface area contributed by atoms with Crippen molar-refractivity contribution >= 4 is 44.0 Å². The second-order valence-electron chi connectivity index (χ2n) is 5.22. The minimum atomic E-state index is -2.93. The molecule has 1 aliphatic rings. The predicted molar refractivity (Wildman–Crippen MR) is 92.0 cm³/mol. The highest BCUT2D eigenvalue weighted by atomic mass is 32.2. The molecule has 1 aliphatic heterocycles. The van der Waals surface area contributed by atoms with Crippen LogP contribution in [0.25, 0.3) is 0 Å². The van der Waals surface area contributed by atoms with Crippen LogP contribution in [-0.2, 0) is 9.84 Å². The van der Waals surface area contributed by atoms with Crippen LogP contribution in [0.15, 0.2) is 29.2 Å². The number of amides is 1. The molecular formula is C14H15N3O3S3. The third-order valence-corrected chi connectivity index (χ3v) is 7.44. The van der Waals surface area contributed by atoms with Crippen molar-refractivity contribution < 1.29 is 13.2 Å². The zero-order chi connectivity index (χ0) is 16.4. The highest BCUT2D eigenvalue weighted by Crippen LogP contribution is 2.33. The molecule has 1 aromatic carbocycles. The Morgan fingerprint density at radius 1 is 1.35 bits per heavy atom. The number of hydrogen-bond donors (Lipinski definition) is 1. The van der Waals surface area contributed by atoms with E-state index in [0.29, 0.717) is 17.1 Å². The first kappa shape index (κ1) is 16.4. The third-order valence-electron chi connectivity index (χ3n) is 3.36. The van der Waals surface area contributed by atoms with E-state index in [2.05, 4.69) is 15.5 Å². The number of sulfone groups is 1. The standard InChI is InChI=1S/C14H15N3O3S3/c1-9-16-17-14(21-9)15-13(18)11-4-2-3-5-12(11)22-10-6-7-23(19,20)8-10/h2-5,10H,6-8H2,1H3,(H,15,17,18). The van der Waals surface area contributed by atoms with Crippen LogP contribution in [0, 0.1) is 6.92 Å². The molecule has 1 unspecified atom stereocenters. The first-order valence-corrected chi connectivity index (χ1v) is 10.5. The molecule has 1 fully saturated rings. The van der Waals surface area contributed by atoms with Crippen molar-refractivity contribution in [3.05, 3.63) is 34.8 Å². The summed E-state index contributed by atoms with van der Waals surface area (Å²) in [5.41, 5.74) is 0.523. The molecule has 0 bridgehead atoms. The first-order chi connectivity index (χ1) is 10.9. The maximum atomic E-state index is 12.4. The smallest absolute Gasteiger partial charge is 0.258 e. The lowest BCUT2D eigenvalue weighted by atomic mass is 10.2. The molecule has 1 amide bonds. The second-order valence-corrected chi connectivity index (χ2v) is 9.97. The fourth-order valence-electron chi connectivity index (χ4n) is 2.30. The summed E-state index contributed by atoms with van der Waals surface area (Å²) >= 11 is 2.76. The molecule has 0 aliphatic carbocycles. The quantitative estimate of drug-likeness (QED) is 0.890. The molecule has 1 atom stereocenters. The molecule has 1 aromatic heterocycles. The number of hydrogen-bond acceptors (Lipinski definition) is 7. The summed E-state index contributed by atoms with van der Waals surface area (Å²) in [5.74, 6) is 0.136. The number of thioether (sulfide) groups is 1. The topological polar surface area (TPSA) is 89.0 Å². The van der Waals surface area contributed by atoms with E-state index < -0.39 is 9.84 Å². The van der Waals surface area contributed by atoms with Crippen LogP contribution in [0.2, 0.25) is 0 Å². The van der Waals surface area contributed by atoms with Crippen molar-refractivity contribution in [2.24, 2.45) is 0 Å². The maximum Gasteiger partial charge on any atom is 0.258 e. The van der Waals surface area contributed by atoms with E-state index in [9.17, 15) is 13.2 Å². The lowest BCUT2D eigenvalue weighted by molar-refractivity contribution is 0.102. The number of carbonyl (C=O) groups is 1. The summed E-state index contributed by atoms with van der Waals surface area (Å²) in [7, 11) is -2.93. The fraction of sp³-hybridized carbons (Fsp3) is 0.357. The highest BCUT2D eigenvalue weighted by molar-refractivity contribution is 8.02. The molecule has 0 radical (unpaired) electrons. The van der Waals surface area contributed by atoms with E-state index in [1.165, 1.54) is 23.1 Å². The number of rotatable bonds is 4. The van der Waals surface area contributed by atoms with Gasteiger partial charge >= 0.3 is 0 Å². The summed E-state index contributed by atoms with van der Waals surface area (Å²) < 4.78 is 23.2. The molecule has 0 saturated carbocycles. The van der Waals surface area contributed by atoms with E-state index in [-0.39, 0.29) is 22.7 Å². The molecule has 9 heteroatoms. The number of anilines is 1. The molecule has 2 aromatic rings.